The predicted molar refractivity (Wildman–Crippen MR) is 183 cm³/mol. The topological polar surface area (TPSA) is 143 Å². The van der Waals surface area contributed by atoms with E-state index in [2.05, 4.69) is 9.97 Å². The number of rotatable bonds is 5. The molecule has 3 heterocycles. The number of nitrogens with one attached hydrogen (secondary N) is 1. The minimum atomic E-state index is -2.09. The zero-order valence-electron chi connectivity index (χ0n) is 29.3. The van der Waals surface area contributed by atoms with Crippen LogP contribution in [-0.2, 0) is 25.3 Å². The number of imide groups is 1. The molecule has 14 heteroatoms. The van der Waals surface area contributed by atoms with Gasteiger partial charge in [-0.15, -0.1) is 0 Å². The van der Waals surface area contributed by atoms with Crippen molar-refractivity contribution in [3.05, 3.63) is 77.6 Å². The van der Waals surface area contributed by atoms with Gasteiger partial charge in [0.05, 0.1) is 17.2 Å². The summed E-state index contributed by atoms with van der Waals surface area (Å²) < 4.78 is 73.8. The van der Waals surface area contributed by atoms with Gasteiger partial charge in [0.15, 0.2) is 17.4 Å². The normalized spacial score (nSPS) is 16.9. The second kappa shape index (κ2) is 15.7. The van der Waals surface area contributed by atoms with Crippen LogP contribution in [0.3, 0.4) is 0 Å². The van der Waals surface area contributed by atoms with Crippen LogP contribution in [0.5, 0.6) is 11.5 Å². The molecule has 0 bridgehead atoms. The summed E-state index contributed by atoms with van der Waals surface area (Å²) in [6.07, 6.45) is 2.70. The van der Waals surface area contributed by atoms with E-state index in [1.807, 2.05) is 20.0 Å². The number of carbonyl (C=O) groups is 2. The van der Waals surface area contributed by atoms with Crippen LogP contribution in [0.4, 0.5) is 24.1 Å². The quantitative estimate of drug-likeness (QED) is 0.201. The van der Waals surface area contributed by atoms with E-state index in [9.17, 15) is 18.4 Å². The van der Waals surface area contributed by atoms with Crippen molar-refractivity contribution in [3.63, 3.8) is 0 Å². The summed E-state index contributed by atoms with van der Waals surface area (Å²) in [7, 11) is 0. The van der Waals surface area contributed by atoms with Gasteiger partial charge in [-0.05, 0) is 103 Å². The Balaban J connectivity index is 0.000000482. The number of amides is 2. The molecule has 1 N–H and O–H groups in total. The third-order valence-electron chi connectivity index (χ3n) is 7.39. The van der Waals surface area contributed by atoms with Crippen molar-refractivity contribution in [2.24, 2.45) is 0 Å². The van der Waals surface area contributed by atoms with Gasteiger partial charge in [-0.25, -0.2) is 23.4 Å². The summed E-state index contributed by atoms with van der Waals surface area (Å²) in [6.45, 7) is 14.2. The molecule has 2 aromatic carbocycles. The first-order valence-electron chi connectivity index (χ1n) is 16.0. The summed E-state index contributed by atoms with van der Waals surface area (Å²) in [5, 5.41) is 0.594. The van der Waals surface area contributed by atoms with Crippen molar-refractivity contribution >= 4 is 40.0 Å². The number of ether oxygens (including phenoxy) is 4. The predicted octanol–water partition coefficient (Wildman–Crippen LogP) is 8.83. The molecule has 1 fully saturated rings. The zero-order valence-corrected chi connectivity index (χ0v) is 30.1. The Morgan fingerprint density at radius 2 is 1.58 bits per heavy atom. The van der Waals surface area contributed by atoms with Crippen LogP contribution in [0.1, 0.15) is 78.4 Å². The first kappa shape index (κ1) is 38.4. The van der Waals surface area contributed by atoms with E-state index in [0.717, 1.165) is 36.1 Å². The van der Waals surface area contributed by atoms with Crippen molar-refractivity contribution in [3.8, 4) is 11.5 Å². The summed E-state index contributed by atoms with van der Waals surface area (Å²) in [6, 6.07) is 9.86. The van der Waals surface area contributed by atoms with E-state index in [1.54, 1.807) is 65.8 Å². The fourth-order valence-electron chi connectivity index (χ4n) is 5.19. The molecule has 2 aromatic heterocycles. The van der Waals surface area contributed by atoms with Crippen molar-refractivity contribution in [2.45, 2.75) is 96.4 Å². The number of anilines is 1. The fraction of sp³-hybridized carbons (Fsp3) is 0.417. The van der Waals surface area contributed by atoms with Crippen LogP contribution < -0.4 is 9.64 Å². The summed E-state index contributed by atoms with van der Waals surface area (Å²) in [4.78, 5) is 34.1. The lowest BCUT2D eigenvalue weighted by Gasteiger charge is -2.29. The largest absolute Gasteiger partial charge is 0.768 e. The molecule has 50 heavy (non-hydrogen) atoms. The first-order valence-corrected chi connectivity index (χ1v) is 17.1. The Morgan fingerprint density at radius 1 is 1.00 bits per heavy atom. The average Bonchev–Trinajstić information content (AvgIpc) is 3.43. The third-order valence-corrected chi connectivity index (χ3v) is 8.05. The molecule has 1 aliphatic heterocycles. The molecule has 2 amide bonds. The highest BCUT2D eigenvalue weighted by Crippen LogP contribution is 2.41. The van der Waals surface area contributed by atoms with Gasteiger partial charge in [-0.1, -0.05) is 17.7 Å². The second-order valence-electron chi connectivity index (χ2n) is 13.8. The smallest absolute Gasteiger partial charge is 0.424 e. The Labute approximate surface area is 292 Å². The summed E-state index contributed by atoms with van der Waals surface area (Å²) >= 11 is -2.09. The van der Waals surface area contributed by atoms with Gasteiger partial charge in [0.1, 0.15) is 22.6 Å². The van der Waals surface area contributed by atoms with Crippen LogP contribution >= 0.6 is 0 Å². The Kier molecular flexibility index (Phi) is 12.0. The maximum Gasteiger partial charge on any atom is 0.424 e. The lowest BCUT2D eigenvalue weighted by molar-refractivity contribution is 0.0119. The third kappa shape index (κ3) is 9.86. The number of halogens is 2. The number of aromatic amines is 1. The number of benzene rings is 2. The molecule has 5 rings (SSSR count). The minimum Gasteiger partial charge on any atom is -0.768 e. The molecule has 0 saturated carbocycles. The van der Waals surface area contributed by atoms with E-state index < -0.39 is 57.5 Å². The summed E-state index contributed by atoms with van der Waals surface area (Å²) in [5.74, 6) is -2.74. The number of nitrogens with zero attached hydrogens (tertiary/aromatic N) is 2. The fourth-order valence-corrected chi connectivity index (χ4v) is 5.55. The molecular formula is C36H42F2N3O8S-. The van der Waals surface area contributed by atoms with E-state index >= 15 is 8.78 Å². The van der Waals surface area contributed by atoms with E-state index in [-0.39, 0.29) is 17.8 Å². The maximum absolute atomic E-state index is 15.5. The highest BCUT2D eigenvalue weighted by molar-refractivity contribution is 7.79. The maximum atomic E-state index is 15.5. The number of H-pyrrole nitrogens is 1. The molecule has 3 unspecified atom stereocenters. The van der Waals surface area contributed by atoms with E-state index in [4.69, 9.17) is 18.9 Å². The first-order chi connectivity index (χ1) is 23.3. The molecule has 1 saturated heterocycles. The van der Waals surface area contributed by atoms with E-state index in [1.165, 1.54) is 12.3 Å². The van der Waals surface area contributed by atoms with Crippen LogP contribution in [0, 0.1) is 18.6 Å². The number of hydrogen-bond donors (Lipinski definition) is 1. The lowest BCUT2D eigenvalue weighted by Crippen LogP contribution is -2.43. The highest BCUT2D eigenvalue weighted by atomic mass is 32.2. The Bertz CT molecular complexity index is 1800. The van der Waals surface area contributed by atoms with Crippen molar-refractivity contribution < 1.29 is 46.1 Å². The lowest BCUT2D eigenvalue weighted by atomic mass is 9.88. The molecule has 11 nitrogen and oxygen atoms in total. The zero-order chi connectivity index (χ0) is 37.0. The second-order valence-corrected chi connectivity index (χ2v) is 14.7. The van der Waals surface area contributed by atoms with Crippen LogP contribution in [0.15, 0.2) is 59.8 Å². The van der Waals surface area contributed by atoms with Gasteiger partial charge in [0.25, 0.3) is 0 Å². The number of hydrogen-bond acceptors (Lipinski definition) is 9. The standard InChI is InChI=1S/C29H35F2N3O6.C7H8O2S/c1-16-18(9-8-12-37-16)19-15-33-25-23(19)22(10-11-32-25)38-24-20(30)13-17(14-21(24)31)34(26(35)39-28(2,3)4)27(36)40-29(5,6)7;1-6-2-4-7(5-3-6)10(8)9/h10-11,13-16,18H,8-9,12H2,1-7H3,(H,32,33);2-5H,1H3,(H,8,9)/p-1. The van der Waals surface area contributed by atoms with Gasteiger partial charge in [-0.3, -0.25) is 4.21 Å². The molecule has 0 radical (unpaired) electrons. The number of pyridine rings is 1. The Morgan fingerprint density at radius 3 is 2.10 bits per heavy atom. The molecular weight excluding hydrogens is 672 g/mol. The molecule has 0 aliphatic carbocycles. The number of aromatic nitrogens is 2. The van der Waals surface area contributed by atoms with Gasteiger partial charge in [0.2, 0.25) is 0 Å². The van der Waals surface area contributed by atoms with Crippen molar-refractivity contribution in [2.75, 3.05) is 11.5 Å². The number of aryl methyl sites for hydroxylation is 1. The molecule has 4 aromatic rings. The van der Waals surface area contributed by atoms with Crippen molar-refractivity contribution in [1.82, 2.24) is 9.97 Å². The van der Waals surface area contributed by atoms with Crippen LogP contribution in [0.25, 0.3) is 11.0 Å². The van der Waals surface area contributed by atoms with Crippen LogP contribution in [-0.4, -0.2) is 54.8 Å². The molecule has 1 aliphatic rings. The number of fused-ring (bicyclic) bond motifs is 1. The molecule has 3 atom stereocenters. The Hall–Kier alpha value is -4.40. The molecule has 270 valence electrons. The van der Waals surface area contributed by atoms with Gasteiger partial charge < -0.3 is 28.5 Å². The molecule has 0 spiro atoms. The van der Waals surface area contributed by atoms with Gasteiger partial charge >= 0.3 is 12.2 Å². The van der Waals surface area contributed by atoms with Gasteiger partial charge in [0, 0.05) is 41.9 Å². The number of carbonyl (C=O) groups excluding carboxylic acids is 2. The highest BCUT2D eigenvalue weighted by Gasteiger charge is 2.34. The summed E-state index contributed by atoms with van der Waals surface area (Å²) in [5.41, 5.74) is 0.0570. The monoisotopic (exact) mass is 714 g/mol. The average molecular weight is 715 g/mol. The SMILES string of the molecule is CC1OCCCC1c1c[nH]c2nccc(Oc3c(F)cc(N(C(=O)OC(C)(C)C)C(=O)OC(C)(C)C)cc3F)c12.Cc1ccc(S(=O)[O-])cc1. The van der Waals surface area contributed by atoms with E-state index in [0.29, 0.717) is 27.4 Å². The van der Waals surface area contributed by atoms with Crippen LogP contribution in [0.2, 0.25) is 0 Å². The minimum absolute atomic E-state index is 0.0438. The van der Waals surface area contributed by atoms with Gasteiger partial charge in [-0.2, -0.15) is 4.90 Å². The van der Waals surface area contributed by atoms with Crippen molar-refractivity contribution in [1.29, 1.82) is 0 Å².